The smallest absolute Gasteiger partial charge is 0.223 e. The minimum Gasteiger partial charge on any atom is -0.496 e. The van der Waals surface area contributed by atoms with E-state index >= 15 is 0 Å². The number of aromatic nitrogens is 4. The molecule has 3 N–H and O–H groups in total. The first kappa shape index (κ1) is 19.5. The lowest BCUT2D eigenvalue weighted by Crippen LogP contribution is -2.46. The molecule has 4 rings (SSSR count). The van der Waals surface area contributed by atoms with Gasteiger partial charge in [-0.2, -0.15) is 0 Å². The van der Waals surface area contributed by atoms with Gasteiger partial charge in [0.25, 0.3) is 0 Å². The van der Waals surface area contributed by atoms with Crippen LogP contribution in [0.15, 0.2) is 30.7 Å². The number of nitrogens with zero attached hydrogens (tertiary/aromatic N) is 4. The monoisotopic (exact) mass is 400 g/mol. The van der Waals surface area contributed by atoms with Crippen LogP contribution in [0, 0.1) is 0 Å². The maximum atomic E-state index is 14.1. The van der Waals surface area contributed by atoms with Gasteiger partial charge in [-0.25, -0.2) is 19.3 Å². The molecule has 0 radical (unpaired) electrons. The van der Waals surface area contributed by atoms with E-state index in [2.05, 4.69) is 25.6 Å². The van der Waals surface area contributed by atoms with Crippen LogP contribution in [0.5, 0.6) is 5.75 Å². The van der Waals surface area contributed by atoms with Gasteiger partial charge in [0.15, 0.2) is 0 Å². The standard InChI is InChI=1S/C20H25FN6O2/c1-20(2,28)12-11-27-16(10-24-18(27)8-17(12)29-3)14-5-7-23-19(25-14)26-15-9-22-6-4-13(15)21/h5,7-8,10-11,13,15,22,28H,4,6,9H2,1-3H3,(H,23,25,26). The van der Waals surface area contributed by atoms with Gasteiger partial charge in [-0.15, -0.1) is 0 Å². The molecule has 29 heavy (non-hydrogen) atoms. The molecule has 2 unspecified atom stereocenters. The fourth-order valence-electron chi connectivity index (χ4n) is 3.53. The van der Waals surface area contributed by atoms with E-state index in [1.165, 1.54) is 0 Å². The number of rotatable bonds is 5. The molecule has 154 valence electrons. The van der Waals surface area contributed by atoms with Crippen LogP contribution in [0.4, 0.5) is 10.3 Å². The van der Waals surface area contributed by atoms with Crippen molar-refractivity contribution in [3.05, 3.63) is 36.3 Å². The highest BCUT2D eigenvalue weighted by Gasteiger charge is 2.26. The van der Waals surface area contributed by atoms with Crippen LogP contribution in [-0.4, -0.2) is 56.9 Å². The fourth-order valence-corrected chi connectivity index (χ4v) is 3.53. The Morgan fingerprint density at radius 2 is 2.21 bits per heavy atom. The van der Waals surface area contributed by atoms with Crippen molar-refractivity contribution in [3.63, 3.8) is 0 Å². The minimum atomic E-state index is -1.09. The Morgan fingerprint density at radius 3 is 2.93 bits per heavy atom. The lowest BCUT2D eigenvalue weighted by Gasteiger charge is -2.27. The molecule has 0 aliphatic carbocycles. The number of aliphatic hydroxyl groups is 1. The number of anilines is 1. The molecule has 0 aromatic carbocycles. The highest BCUT2D eigenvalue weighted by atomic mass is 19.1. The lowest BCUT2D eigenvalue weighted by molar-refractivity contribution is 0.0752. The maximum absolute atomic E-state index is 14.1. The Hall–Kier alpha value is -2.78. The quantitative estimate of drug-likeness (QED) is 0.604. The number of nitrogens with one attached hydrogen (secondary N) is 2. The number of pyridine rings is 1. The van der Waals surface area contributed by atoms with Crippen molar-refractivity contribution in [1.29, 1.82) is 0 Å². The van der Waals surface area contributed by atoms with Crippen molar-refractivity contribution in [2.75, 3.05) is 25.5 Å². The average Bonchev–Trinajstić information content (AvgIpc) is 3.11. The van der Waals surface area contributed by atoms with Crippen LogP contribution in [0.3, 0.4) is 0 Å². The minimum absolute atomic E-state index is 0.366. The van der Waals surface area contributed by atoms with Crippen molar-refractivity contribution in [3.8, 4) is 17.1 Å². The highest BCUT2D eigenvalue weighted by Crippen LogP contribution is 2.32. The second-order valence-corrected chi connectivity index (χ2v) is 7.71. The first-order chi connectivity index (χ1) is 13.9. The topological polar surface area (TPSA) is 96.6 Å². The summed E-state index contributed by atoms with van der Waals surface area (Å²) in [6.45, 7) is 4.60. The molecule has 8 nitrogen and oxygen atoms in total. The molecular formula is C20H25FN6O2. The van der Waals surface area contributed by atoms with Crippen molar-refractivity contribution < 1.29 is 14.2 Å². The zero-order valence-corrected chi connectivity index (χ0v) is 16.7. The Labute approximate surface area is 168 Å². The van der Waals surface area contributed by atoms with E-state index in [9.17, 15) is 9.50 Å². The van der Waals surface area contributed by atoms with Gasteiger partial charge < -0.3 is 20.5 Å². The van der Waals surface area contributed by atoms with Gasteiger partial charge >= 0.3 is 0 Å². The average molecular weight is 400 g/mol. The third-order valence-electron chi connectivity index (χ3n) is 5.12. The number of ether oxygens (including phenoxy) is 1. The molecule has 4 heterocycles. The Morgan fingerprint density at radius 1 is 1.38 bits per heavy atom. The summed E-state index contributed by atoms with van der Waals surface area (Å²) >= 11 is 0. The third-order valence-corrected chi connectivity index (χ3v) is 5.12. The molecule has 1 fully saturated rings. The fraction of sp³-hybridized carbons (Fsp3) is 0.450. The number of piperidine rings is 1. The number of halogens is 1. The van der Waals surface area contributed by atoms with Crippen molar-refractivity contribution in [2.24, 2.45) is 0 Å². The Kier molecular flexibility index (Phi) is 5.10. The predicted octanol–water partition coefficient (Wildman–Crippen LogP) is 2.14. The largest absolute Gasteiger partial charge is 0.496 e. The van der Waals surface area contributed by atoms with E-state index in [-0.39, 0.29) is 6.04 Å². The van der Waals surface area contributed by atoms with E-state index in [0.29, 0.717) is 48.1 Å². The highest BCUT2D eigenvalue weighted by molar-refractivity contribution is 5.63. The van der Waals surface area contributed by atoms with Gasteiger partial charge in [0.2, 0.25) is 5.95 Å². The van der Waals surface area contributed by atoms with Crippen molar-refractivity contribution >= 4 is 11.6 Å². The zero-order valence-electron chi connectivity index (χ0n) is 16.7. The molecule has 0 amide bonds. The number of imidazole rings is 1. The van der Waals surface area contributed by atoms with Crippen LogP contribution in [0.1, 0.15) is 25.8 Å². The second-order valence-electron chi connectivity index (χ2n) is 7.71. The number of methoxy groups -OCH3 is 1. The zero-order chi connectivity index (χ0) is 20.6. The molecule has 3 aromatic heterocycles. The molecule has 1 saturated heterocycles. The van der Waals surface area contributed by atoms with Gasteiger partial charge in [-0.05, 0) is 32.9 Å². The predicted molar refractivity (Wildman–Crippen MR) is 108 cm³/mol. The molecule has 0 spiro atoms. The van der Waals surface area contributed by atoms with Gasteiger partial charge in [-0.1, -0.05) is 0 Å². The van der Waals surface area contributed by atoms with Gasteiger partial charge in [0.05, 0.1) is 36.3 Å². The summed E-state index contributed by atoms with van der Waals surface area (Å²) in [5, 5.41) is 16.8. The Bertz CT molecular complexity index is 1020. The van der Waals surface area contributed by atoms with Crippen LogP contribution in [0.25, 0.3) is 17.0 Å². The van der Waals surface area contributed by atoms with E-state index in [1.54, 1.807) is 51.7 Å². The Balaban J connectivity index is 1.71. The molecule has 1 aliphatic heterocycles. The molecule has 0 bridgehead atoms. The van der Waals surface area contributed by atoms with E-state index in [1.807, 2.05) is 4.40 Å². The normalized spacial score (nSPS) is 20.0. The van der Waals surface area contributed by atoms with Gasteiger partial charge in [0, 0.05) is 30.6 Å². The van der Waals surface area contributed by atoms with Gasteiger partial charge in [0.1, 0.15) is 17.6 Å². The number of hydrogen-bond donors (Lipinski definition) is 3. The summed E-state index contributed by atoms with van der Waals surface area (Å²) in [5.41, 5.74) is 1.58. The summed E-state index contributed by atoms with van der Waals surface area (Å²) in [5.74, 6) is 0.927. The SMILES string of the molecule is COc1cc2ncc(-c3ccnc(NC4CNCCC4F)n3)n2cc1C(C)(C)O. The summed E-state index contributed by atoms with van der Waals surface area (Å²) in [4.78, 5) is 13.2. The van der Waals surface area contributed by atoms with Crippen LogP contribution >= 0.6 is 0 Å². The van der Waals surface area contributed by atoms with E-state index < -0.39 is 11.8 Å². The lowest BCUT2D eigenvalue weighted by atomic mass is 9.99. The summed E-state index contributed by atoms with van der Waals surface area (Å²) < 4.78 is 21.4. The van der Waals surface area contributed by atoms with Crippen LogP contribution < -0.4 is 15.4 Å². The maximum Gasteiger partial charge on any atom is 0.223 e. The summed E-state index contributed by atoms with van der Waals surface area (Å²) in [7, 11) is 1.56. The summed E-state index contributed by atoms with van der Waals surface area (Å²) in [6, 6.07) is 3.18. The van der Waals surface area contributed by atoms with Crippen molar-refractivity contribution in [1.82, 2.24) is 24.7 Å². The van der Waals surface area contributed by atoms with Crippen LogP contribution in [-0.2, 0) is 5.60 Å². The first-order valence-electron chi connectivity index (χ1n) is 9.59. The van der Waals surface area contributed by atoms with E-state index in [0.717, 1.165) is 5.69 Å². The molecule has 2 atom stereocenters. The third kappa shape index (κ3) is 3.88. The molecule has 9 heteroatoms. The first-order valence-corrected chi connectivity index (χ1v) is 9.59. The number of hydrogen-bond acceptors (Lipinski definition) is 7. The van der Waals surface area contributed by atoms with E-state index in [4.69, 9.17) is 4.74 Å². The van der Waals surface area contributed by atoms with Crippen molar-refractivity contribution in [2.45, 2.75) is 38.1 Å². The molecule has 3 aromatic rings. The second kappa shape index (κ2) is 7.57. The summed E-state index contributed by atoms with van der Waals surface area (Å²) in [6.07, 6.45) is 4.66. The molecule has 1 aliphatic rings. The molecule has 0 saturated carbocycles. The van der Waals surface area contributed by atoms with Crippen LogP contribution in [0.2, 0.25) is 0 Å². The number of alkyl halides is 1. The molecular weight excluding hydrogens is 375 g/mol. The van der Waals surface area contributed by atoms with Gasteiger partial charge in [-0.3, -0.25) is 4.40 Å². The number of fused-ring (bicyclic) bond motifs is 1.